The highest BCUT2D eigenvalue weighted by Crippen LogP contribution is 2.08. The Bertz CT molecular complexity index is 520. The van der Waals surface area contributed by atoms with Crippen molar-refractivity contribution in [3.63, 3.8) is 0 Å². The van der Waals surface area contributed by atoms with Gasteiger partial charge >= 0.3 is 0 Å². The molecule has 0 saturated heterocycles. The Balaban J connectivity index is 4.55. The average Bonchev–Trinajstić information content (AvgIpc) is 2.61. The quantitative estimate of drug-likeness (QED) is 0.322. The van der Waals surface area contributed by atoms with Gasteiger partial charge in [0.05, 0.1) is 18.6 Å². The maximum Gasteiger partial charge on any atom is 0.239 e. The van der Waals surface area contributed by atoms with Crippen LogP contribution in [0.25, 0.3) is 0 Å². The van der Waals surface area contributed by atoms with Gasteiger partial charge in [-0.25, -0.2) is 0 Å². The van der Waals surface area contributed by atoms with Crippen molar-refractivity contribution in [2.45, 2.75) is 72.4 Å². The van der Waals surface area contributed by atoms with Gasteiger partial charge in [0.1, 0.15) is 0 Å². The Morgan fingerprint density at radius 2 is 1.54 bits per heavy atom. The predicted molar refractivity (Wildman–Crippen MR) is 110 cm³/mol. The molecule has 8 nitrogen and oxygen atoms in total. The topological polar surface area (TPSA) is 116 Å². The molecule has 4 N–H and O–H groups in total. The van der Waals surface area contributed by atoms with E-state index in [0.29, 0.717) is 31.7 Å². The van der Waals surface area contributed by atoms with Crippen molar-refractivity contribution < 1.29 is 19.2 Å². The normalized spacial score (nSPS) is 13.1. The maximum absolute atomic E-state index is 12.4. The summed E-state index contributed by atoms with van der Waals surface area (Å²) in [7, 11) is 1.71. The molecule has 0 aliphatic heterocycles. The summed E-state index contributed by atoms with van der Waals surface area (Å²) >= 11 is 0. The van der Waals surface area contributed by atoms with Gasteiger partial charge in [-0.2, -0.15) is 0 Å². The van der Waals surface area contributed by atoms with E-state index in [-0.39, 0.29) is 42.0 Å². The molecule has 0 bridgehead atoms. The van der Waals surface area contributed by atoms with Crippen LogP contribution in [0.5, 0.6) is 0 Å². The molecule has 0 aromatic carbocycles. The fourth-order valence-electron chi connectivity index (χ4n) is 2.79. The third-order valence-corrected chi connectivity index (χ3v) is 4.34. The van der Waals surface area contributed by atoms with Crippen LogP contribution in [0.1, 0.15) is 60.3 Å². The molecule has 0 unspecified atom stereocenters. The van der Waals surface area contributed by atoms with Gasteiger partial charge in [-0.05, 0) is 38.6 Å². The predicted octanol–water partition coefficient (Wildman–Crippen LogP) is 0.753. The lowest BCUT2D eigenvalue weighted by Gasteiger charge is -2.21. The lowest BCUT2D eigenvalue weighted by atomic mass is 9.97. The smallest absolute Gasteiger partial charge is 0.239 e. The van der Waals surface area contributed by atoms with E-state index in [4.69, 9.17) is 0 Å². The Morgan fingerprint density at radius 3 is 2.04 bits per heavy atom. The van der Waals surface area contributed by atoms with E-state index < -0.39 is 6.04 Å². The standard InChI is InChI=1S/C20H38N4O4/c1-13(2)11-17(21-6)20(28)23-12-18(26)24-16(19(27)14(3)4)9-7-8-10-22-15(5)25/h13-14,16-17,21H,7-12H2,1-6H3,(H,22,25)(H,23,28)(H,24,26)/t16-,17-/m0/s1. The zero-order valence-corrected chi connectivity index (χ0v) is 18.2. The van der Waals surface area contributed by atoms with Crippen molar-refractivity contribution in [1.29, 1.82) is 0 Å². The van der Waals surface area contributed by atoms with Crippen molar-refractivity contribution in [1.82, 2.24) is 21.3 Å². The van der Waals surface area contributed by atoms with Crippen LogP contribution in [0, 0.1) is 11.8 Å². The van der Waals surface area contributed by atoms with Crippen molar-refractivity contribution >= 4 is 23.5 Å². The van der Waals surface area contributed by atoms with Gasteiger partial charge in [-0.3, -0.25) is 19.2 Å². The Labute approximate surface area is 169 Å². The Hall–Kier alpha value is -1.96. The van der Waals surface area contributed by atoms with E-state index in [1.165, 1.54) is 6.92 Å². The highest BCUT2D eigenvalue weighted by atomic mass is 16.2. The number of hydrogen-bond acceptors (Lipinski definition) is 5. The molecule has 0 rings (SSSR count). The number of rotatable bonds is 14. The Morgan fingerprint density at radius 1 is 0.893 bits per heavy atom. The number of ketones is 1. The minimum Gasteiger partial charge on any atom is -0.356 e. The van der Waals surface area contributed by atoms with E-state index in [2.05, 4.69) is 21.3 Å². The van der Waals surface area contributed by atoms with E-state index in [1.54, 1.807) is 20.9 Å². The van der Waals surface area contributed by atoms with Crippen molar-refractivity contribution in [3.8, 4) is 0 Å². The van der Waals surface area contributed by atoms with Crippen molar-refractivity contribution in [2.24, 2.45) is 11.8 Å². The fraction of sp³-hybridized carbons (Fsp3) is 0.800. The molecule has 3 amide bonds. The fourth-order valence-corrected chi connectivity index (χ4v) is 2.79. The summed E-state index contributed by atoms with van der Waals surface area (Å²) in [5.41, 5.74) is 0. The molecule has 0 aromatic heterocycles. The number of hydrogen-bond donors (Lipinski definition) is 4. The summed E-state index contributed by atoms with van der Waals surface area (Å²) in [5, 5.41) is 11.0. The zero-order chi connectivity index (χ0) is 21.7. The molecule has 0 saturated carbocycles. The molecule has 2 atom stereocenters. The lowest BCUT2D eigenvalue weighted by Crippen LogP contribution is -2.50. The van der Waals surface area contributed by atoms with E-state index >= 15 is 0 Å². The summed E-state index contributed by atoms with van der Waals surface area (Å²) < 4.78 is 0. The zero-order valence-electron chi connectivity index (χ0n) is 18.2. The van der Waals surface area contributed by atoms with Gasteiger partial charge in [0.2, 0.25) is 17.7 Å². The number of carbonyl (C=O) groups excluding carboxylic acids is 4. The summed E-state index contributed by atoms with van der Waals surface area (Å²) in [4.78, 5) is 47.7. The highest BCUT2D eigenvalue weighted by Gasteiger charge is 2.23. The average molecular weight is 399 g/mol. The van der Waals surface area contributed by atoms with Crippen LogP contribution in [-0.4, -0.2) is 55.7 Å². The van der Waals surface area contributed by atoms with Crippen LogP contribution < -0.4 is 21.3 Å². The monoisotopic (exact) mass is 398 g/mol. The van der Waals surface area contributed by atoms with E-state index in [0.717, 1.165) is 6.42 Å². The lowest BCUT2D eigenvalue weighted by molar-refractivity contribution is -0.130. The second kappa shape index (κ2) is 14.1. The van der Waals surface area contributed by atoms with Crippen LogP contribution in [0.15, 0.2) is 0 Å². The van der Waals surface area contributed by atoms with Crippen molar-refractivity contribution in [3.05, 3.63) is 0 Å². The second-order valence-corrected chi connectivity index (χ2v) is 7.84. The molecule has 0 aliphatic rings. The molecular weight excluding hydrogens is 360 g/mol. The number of amides is 3. The van der Waals surface area contributed by atoms with Crippen LogP contribution >= 0.6 is 0 Å². The van der Waals surface area contributed by atoms with Gasteiger partial charge in [0, 0.05) is 19.4 Å². The maximum atomic E-state index is 12.4. The van der Waals surface area contributed by atoms with Gasteiger partial charge < -0.3 is 21.3 Å². The number of nitrogens with one attached hydrogen (secondary N) is 4. The molecule has 8 heteroatoms. The summed E-state index contributed by atoms with van der Waals surface area (Å²) in [6, 6.07) is -0.938. The summed E-state index contributed by atoms with van der Waals surface area (Å²) in [6.07, 6.45) is 2.61. The van der Waals surface area contributed by atoms with Crippen LogP contribution in [0.3, 0.4) is 0 Å². The first kappa shape index (κ1) is 26.0. The third-order valence-electron chi connectivity index (χ3n) is 4.34. The second-order valence-electron chi connectivity index (χ2n) is 7.84. The molecule has 0 radical (unpaired) electrons. The number of carbonyl (C=O) groups is 4. The molecule has 0 aliphatic carbocycles. The first-order chi connectivity index (χ1) is 13.1. The van der Waals surface area contributed by atoms with Gasteiger partial charge in [0.25, 0.3) is 0 Å². The molecule has 0 aromatic rings. The van der Waals surface area contributed by atoms with Gasteiger partial charge in [-0.1, -0.05) is 27.7 Å². The van der Waals surface area contributed by atoms with Crippen LogP contribution in [-0.2, 0) is 19.2 Å². The largest absolute Gasteiger partial charge is 0.356 e. The minimum atomic E-state index is -0.586. The highest BCUT2D eigenvalue weighted by molar-refractivity contribution is 5.92. The molecule has 0 heterocycles. The van der Waals surface area contributed by atoms with Gasteiger partial charge in [-0.15, -0.1) is 0 Å². The first-order valence-electron chi connectivity index (χ1n) is 10.1. The van der Waals surface area contributed by atoms with Gasteiger partial charge in [0.15, 0.2) is 5.78 Å². The SMILES string of the molecule is CN[C@@H](CC(C)C)C(=O)NCC(=O)N[C@@H](CCCCNC(C)=O)C(=O)C(C)C. The molecule has 28 heavy (non-hydrogen) atoms. The molecule has 0 spiro atoms. The molecular formula is C20H38N4O4. The molecule has 162 valence electrons. The minimum absolute atomic E-state index is 0.0351. The Kier molecular flexibility index (Phi) is 13.1. The number of likely N-dealkylation sites (N-methyl/N-ethyl adjacent to an activating group) is 1. The number of unbranched alkanes of at least 4 members (excludes halogenated alkanes) is 1. The first-order valence-corrected chi connectivity index (χ1v) is 10.1. The summed E-state index contributed by atoms with van der Waals surface area (Å²) in [5.74, 6) is -0.581. The van der Waals surface area contributed by atoms with Crippen LogP contribution in [0.4, 0.5) is 0 Å². The number of Topliss-reactive ketones (excluding diaryl/α,β-unsaturated/α-hetero) is 1. The van der Waals surface area contributed by atoms with Crippen LogP contribution in [0.2, 0.25) is 0 Å². The summed E-state index contributed by atoms with van der Waals surface area (Å²) in [6.45, 7) is 9.48. The molecule has 0 fully saturated rings. The third kappa shape index (κ3) is 11.7. The van der Waals surface area contributed by atoms with E-state index in [9.17, 15) is 19.2 Å². The van der Waals surface area contributed by atoms with E-state index in [1.807, 2.05) is 13.8 Å². The van der Waals surface area contributed by atoms with Crippen molar-refractivity contribution in [2.75, 3.05) is 20.1 Å².